The zero-order chi connectivity index (χ0) is 15.5. The SMILES string of the molecule is CCOC(=O)C1(Cc2ccc(F)c(Br)c2)CCC(O)CC1. The number of hydrogen-bond acceptors (Lipinski definition) is 3. The van der Waals surface area contributed by atoms with Gasteiger partial charge in [-0.05, 0) is 72.7 Å². The lowest BCUT2D eigenvalue weighted by atomic mass is 9.69. The number of ether oxygens (including phenoxy) is 1. The number of hydrogen-bond donors (Lipinski definition) is 1. The number of esters is 1. The van der Waals surface area contributed by atoms with Crippen LogP contribution in [0.3, 0.4) is 0 Å². The Morgan fingerprint density at radius 3 is 2.71 bits per heavy atom. The Hall–Kier alpha value is -0.940. The maximum Gasteiger partial charge on any atom is 0.312 e. The molecule has 0 aliphatic heterocycles. The van der Waals surface area contributed by atoms with Gasteiger partial charge in [0, 0.05) is 0 Å². The number of rotatable bonds is 4. The van der Waals surface area contributed by atoms with E-state index in [9.17, 15) is 14.3 Å². The largest absolute Gasteiger partial charge is 0.466 e. The van der Waals surface area contributed by atoms with Gasteiger partial charge in [0.1, 0.15) is 5.82 Å². The highest BCUT2D eigenvalue weighted by atomic mass is 79.9. The van der Waals surface area contributed by atoms with Gasteiger partial charge in [0.2, 0.25) is 0 Å². The van der Waals surface area contributed by atoms with Gasteiger partial charge >= 0.3 is 5.97 Å². The van der Waals surface area contributed by atoms with E-state index in [0.29, 0.717) is 43.2 Å². The van der Waals surface area contributed by atoms with Crippen LogP contribution in [0.4, 0.5) is 4.39 Å². The molecular formula is C16H20BrFO3. The molecule has 0 heterocycles. The molecule has 1 aliphatic carbocycles. The molecule has 1 aromatic rings. The summed E-state index contributed by atoms with van der Waals surface area (Å²) in [4.78, 5) is 12.4. The van der Waals surface area contributed by atoms with Crippen molar-refractivity contribution < 1.29 is 19.0 Å². The molecule has 0 atom stereocenters. The van der Waals surface area contributed by atoms with Crippen molar-refractivity contribution in [3.05, 3.63) is 34.1 Å². The first-order valence-electron chi connectivity index (χ1n) is 7.26. The topological polar surface area (TPSA) is 46.5 Å². The highest BCUT2D eigenvalue weighted by molar-refractivity contribution is 9.10. The van der Waals surface area contributed by atoms with Crippen LogP contribution in [0.15, 0.2) is 22.7 Å². The maximum absolute atomic E-state index is 13.3. The summed E-state index contributed by atoms with van der Waals surface area (Å²) >= 11 is 3.17. The average molecular weight is 359 g/mol. The Morgan fingerprint density at radius 1 is 1.48 bits per heavy atom. The lowest BCUT2D eigenvalue weighted by Gasteiger charge is -2.36. The summed E-state index contributed by atoms with van der Waals surface area (Å²) in [5.74, 6) is -0.527. The van der Waals surface area contributed by atoms with Gasteiger partial charge in [-0.2, -0.15) is 0 Å². The van der Waals surface area contributed by atoms with Crippen LogP contribution in [0.5, 0.6) is 0 Å². The van der Waals surface area contributed by atoms with Gasteiger partial charge in [-0.15, -0.1) is 0 Å². The van der Waals surface area contributed by atoms with Crippen LogP contribution < -0.4 is 0 Å². The Balaban J connectivity index is 2.23. The Morgan fingerprint density at radius 2 is 2.14 bits per heavy atom. The minimum atomic E-state index is -0.605. The van der Waals surface area contributed by atoms with Gasteiger partial charge in [0.15, 0.2) is 0 Å². The standard InChI is InChI=1S/C16H20BrFO3/c1-2-21-15(20)16(7-5-12(19)6-8-16)10-11-3-4-14(18)13(17)9-11/h3-4,9,12,19H,2,5-8,10H2,1H3. The molecule has 0 bridgehead atoms. The van der Waals surface area contributed by atoms with E-state index in [4.69, 9.17) is 4.74 Å². The molecule has 1 N–H and O–H groups in total. The summed E-state index contributed by atoms with van der Waals surface area (Å²) in [6.07, 6.45) is 2.57. The number of aliphatic hydroxyl groups excluding tert-OH is 1. The van der Waals surface area contributed by atoms with Crippen LogP contribution in [0.25, 0.3) is 0 Å². The monoisotopic (exact) mass is 358 g/mol. The van der Waals surface area contributed by atoms with Crippen molar-refractivity contribution >= 4 is 21.9 Å². The van der Waals surface area contributed by atoms with Crippen LogP contribution in [-0.4, -0.2) is 23.8 Å². The Labute approximate surface area is 132 Å². The minimum Gasteiger partial charge on any atom is -0.466 e. The zero-order valence-corrected chi connectivity index (χ0v) is 13.7. The van der Waals surface area contributed by atoms with Gasteiger partial charge in [-0.25, -0.2) is 4.39 Å². The Bertz CT molecular complexity index is 510. The predicted octanol–water partition coefficient (Wildman–Crippen LogP) is 3.62. The van der Waals surface area contributed by atoms with Gasteiger partial charge in [-0.1, -0.05) is 6.07 Å². The molecule has 0 unspecified atom stereocenters. The summed E-state index contributed by atoms with van der Waals surface area (Å²) in [5, 5.41) is 9.69. The summed E-state index contributed by atoms with van der Waals surface area (Å²) < 4.78 is 19.0. The van der Waals surface area contributed by atoms with E-state index in [-0.39, 0.29) is 17.9 Å². The van der Waals surface area contributed by atoms with Gasteiger partial charge in [0.05, 0.1) is 22.6 Å². The molecule has 116 valence electrons. The molecule has 1 aromatic carbocycles. The van der Waals surface area contributed by atoms with Crippen molar-refractivity contribution in [2.45, 2.75) is 45.1 Å². The summed E-state index contributed by atoms with van der Waals surface area (Å²) in [6.45, 7) is 2.13. The Kier molecular flexibility index (Phi) is 5.38. The summed E-state index contributed by atoms with van der Waals surface area (Å²) in [6, 6.07) is 4.81. The normalized spacial score (nSPS) is 25.6. The van der Waals surface area contributed by atoms with E-state index in [1.807, 2.05) is 0 Å². The van der Waals surface area contributed by atoms with E-state index in [1.165, 1.54) is 6.07 Å². The average Bonchev–Trinajstić information content (AvgIpc) is 2.46. The van der Waals surface area contributed by atoms with E-state index in [0.717, 1.165) is 5.56 Å². The molecule has 5 heteroatoms. The molecule has 21 heavy (non-hydrogen) atoms. The lowest BCUT2D eigenvalue weighted by molar-refractivity contribution is -0.158. The first-order valence-corrected chi connectivity index (χ1v) is 8.05. The van der Waals surface area contributed by atoms with Crippen molar-refractivity contribution in [1.82, 2.24) is 0 Å². The second-order valence-corrected chi connectivity index (χ2v) is 6.51. The van der Waals surface area contributed by atoms with Crippen molar-refractivity contribution in [3.8, 4) is 0 Å². The fraction of sp³-hybridized carbons (Fsp3) is 0.562. The fourth-order valence-corrected chi connectivity index (χ4v) is 3.36. The molecule has 0 spiro atoms. The molecule has 2 rings (SSSR count). The van der Waals surface area contributed by atoms with Crippen molar-refractivity contribution in [2.24, 2.45) is 5.41 Å². The van der Waals surface area contributed by atoms with Crippen molar-refractivity contribution in [1.29, 1.82) is 0 Å². The van der Waals surface area contributed by atoms with Crippen molar-refractivity contribution in [3.63, 3.8) is 0 Å². The van der Waals surface area contributed by atoms with Gasteiger partial charge < -0.3 is 9.84 Å². The number of carbonyl (C=O) groups is 1. The number of benzene rings is 1. The maximum atomic E-state index is 13.3. The lowest BCUT2D eigenvalue weighted by Crippen LogP contribution is -2.40. The van der Waals surface area contributed by atoms with Crippen molar-refractivity contribution in [2.75, 3.05) is 6.61 Å². The minimum absolute atomic E-state index is 0.211. The fourth-order valence-electron chi connectivity index (χ4n) is 2.93. The summed E-state index contributed by atoms with van der Waals surface area (Å²) in [5.41, 5.74) is 0.291. The first-order chi connectivity index (χ1) is 9.97. The van der Waals surface area contributed by atoms with E-state index in [1.54, 1.807) is 19.1 Å². The highest BCUT2D eigenvalue weighted by Crippen LogP contribution is 2.41. The van der Waals surface area contributed by atoms with Crippen LogP contribution in [0.1, 0.15) is 38.2 Å². The summed E-state index contributed by atoms with van der Waals surface area (Å²) in [7, 11) is 0. The molecule has 0 radical (unpaired) electrons. The van der Waals surface area contributed by atoms with E-state index < -0.39 is 5.41 Å². The molecule has 1 fully saturated rings. The van der Waals surface area contributed by atoms with E-state index in [2.05, 4.69) is 15.9 Å². The smallest absolute Gasteiger partial charge is 0.312 e. The number of aliphatic hydroxyl groups is 1. The van der Waals surface area contributed by atoms with Crippen LogP contribution >= 0.6 is 15.9 Å². The van der Waals surface area contributed by atoms with Crippen LogP contribution in [0, 0.1) is 11.2 Å². The van der Waals surface area contributed by atoms with Crippen LogP contribution in [-0.2, 0) is 16.0 Å². The number of halogens is 2. The second kappa shape index (κ2) is 6.88. The quantitative estimate of drug-likeness (QED) is 0.836. The molecule has 0 amide bonds. The zero-order valence-electron chi connectivity index (χ0n) is 12.1. The third-order valence-electron chi connectivity index (χ3n) is 4.15. The third-order valence-corrected chi connectivity index (χ3v) is 4.75. The molecule has 0 aromatic heterocycles. The number of carbonyl (C=O) groups excluding carboxylic acids is 1. The molecule has 1 aliphatic rings. The second-order valence-electron chi connectivity index (χ2n) is 5.66. The van der Waals surface area contributed by atoms with Crippen LogP contribution in [0.2, 0.25) is 0 Å². The third kappa shape index (κ3) is 3.83. The predicted molar refractivity (Wildman–Crippen MR) is 81.3 cm³/mol. The molecule has 0 saturated heterocycles. The molecule has 1 saturated carbocycles. The van der Waals surface area contributed by atoms with E-state index >= 15 is 0 Å². The van der Waals surface area contributed by atoms with Gasteiger partial charge in [-0.3, -0.25) is 4.79 Å². The first kappa shape index (κ1) is 16.4. The van der Waals surface area contributed by atoms with Gasteiger partial charge in [0.25, 0.3) is 0 Å². The molecule has 3 nitrogen and oxygen atoms in total. The highest BCUT2D eigenvalue weighted by Gasteiger charge is 2.42. The molecular weight excluding hydrogens is 339 g/mol.